The summed E-state index contributed by atoms with van der Waals surface area (Å²) in [6.07, 6.45) is -5.04. The molecular formula is C41H26F8N2. The lowest BCUT2D eigenvalue weighted by Crippen LogP contribution is -2.14. The molecule has 2 aromatic heterocycles. The summed E-state index contributed by atoms with van der Waals surface area (Å²) in [5.74, 6) is -11.1. The first-order chi connectivity index (χ1) is 24.1. The van der Waals surface area contributed by atoms with Crippen LogP contribution in [0.1, 0.15) is 27.8 Å². The van der Waals surface area contributed by atoms with Crippen molar-refractivity contribution in [2.24, 2.45) is 0 Å². The molecule has 8 aromatic rings. The maximum Gasteiger partial charge on any atom is 0.418 e. The highest BCUT2D eigenvalue weighted by Gasteiger charge is 2.38. The van der Waals surface area contributed by atoms with Gasteiger partial charge in [-0.1, -0.05) is 46.5 Å². The zero-order chi connectivity index (χ0) is 36.3. The molecule has 0 unspecified atom stereocenters. The van der Waals surface area contributed by atoms with Crippen molar-refractivity contribution < 1.29 is 35.1 Å². The van der Waals surface area contributed by atoms with E-state index in [0.717, 1.165) is 34.4 Å². The molecule has 0 fully saturated rings. The van der Waals surface area contributed by atoms with E-state index in [2.05, 4.69) is 0 Å². The number of alkyl halides is 3. The molecule has 0 radical (unpaired) electrons. The van der Waals surface area contributed by atoms with Crippen LogP contribution in [-0.2, 0) is 6.18 Å². The van der Waals surface area contributed by atoms with Gasteiger partial charge >= 0.3 is 6.18 Å². The molecule has 0 saturated heterocycles. The van der Waals surface area contributed by atoms with Crippen LogP contribution in [0.3, 0.4) is 0 Å². The Hall–Kier alpha value is -5.64. The highest BCUT2D eigenvalue weighted by Crippen LogP contribution is 2.46. The second-order valence-corrected chi connectivity index (χ2v) is 13.1. The fourth-order valence-corrected chi connectivity index (χ4v) is 7.24. The fourth-order valence-electron chi connectivity index (χ4n) is 7.24. The summed E-state index contributed by atoms with van der Waals surface area (Å²) in [6, 6.07) is 22.4. The van der Waals surface area contributed by atoms with E-state index in [0.29, 0.717) is 43.6 Å². The Morgan fingerprint density at radius 3 is 1.10 bits per heavy atom. The quantitative estimate of drug-likeness (QED) is 0.0988. The largest absolute Gasteiger partial charge is 0.418 e. The number of aryl methyl sites for hydroxylation is 4. The second kappa shape index (κ2) is 11.2. The van der Waals surface area contributed by atoms with E-state index in [4.69, 9.17) is 0 Å². The van der Waals surface area contributed by atoms with Crippen molar-refractivity contribution in [1.82, 2.24) is 9.13 Å². The van der Waals surface area contributed by atoms with Gasteiger partial charge in [-0.3, -0.25) is 0 Å². The number of aromatic nitrogens is 2. The summed E-state index contributed by atoms with van der Waals surface area (Å²) in [6.45, 7) is 7.35. The third-order valence-electron chi connectivity index (χ3n) is 9.53. The summed E-state index contributed by atoms with van der Waals surface area (Å²) < 4.78 is 125. The predicted molar refractivity (Wildman–Crippen MR) is 184 cm³/mol. The van der Waals surface area contributed by atoms with E-state index in [9.17, 15) is 13.2 Å². The average Bonchev–Trinajstić information content (AvgIpc) is 3.56. The first-order valence-electron chi connectivity index (χ1n) is 16.0. The van der Waals surface area contributed by atoms with Gasteiger partial charge in [0.15, 0.2) is 23.3 Å². The van der Waals surface area contributed by atoms with Crippen LogP contribution in [0.25, 0.3) is 66.1 Å². The molecule has 8 rings (SSSR count). The molecule has 0 aliphatic carbocycles. The number of benzene rings is 6. The summed E-state index contributed by atoms with van der Waals surface area (Å²) in [4.78, 5) is 0. The van der Waals surface area contributed by atoms with Crippen LogP contribution in [-0.4, -0.2) is 9.13 Å². The Balaban J connectivity index is 1.62. The predicted octanol–water partition coefficient (Wildman–Crippen LogP) is 12.5. The molecule has 0 bridgehead atoms. The summed E-state index contributed by atoms with van der Waals surface area (Å²) in [5, 5.41) is 2.50. The number of nitrogens with zero attached hydrogens (tertiary/aromatic N) is 2. The minimum Gasteiger partial charge on any atom is -0.309 e. The zero-order valence-corrected chi connectivity index (χ0v) is 27.5. The highest BCUT2D eigenvalue weighted by atomic mass is 19.4. The molecule has 0 spiro atoms. The van der Waals surface area contributed by atoms with Crippen molar-refractivity contribution in [2.45, 2.75) is 33.9 Å². The molecule has 256 valence electrons. The molecule has 6 aromatic carbocycles. The van der Waals surface area contributed by atoms with E-state index < -0.39 is 63.3 Å². The SMILES string of the molecule is Cc1ccc2c(c1)c1cc(C)ccc1n2-c1cc(C(F)(F)F)c(-n2c3ccc(C)cc3c3cc(C)ccc32)cc1-c1c(F)c(F)c(F)c(F)c1F. The van der Waals surface area contributed by atoms with Gasteiger partial charge in [0.05, 0.1) is 44.6 Å². The minimum atomic E-state index is -5.04. The molecule has 0 saturated carbocycles. The molecule has 2 nitrogen and oxygen atoms in total. The summed E-state index contributed by atoms with van der Waals surface area (Å²) >= 11 is 0. The number of halogens is 8. The Morgan fingerprint density at radius 2 is 0.745 bits per heavy atom. The average molecular weight is 699 g/mol. The molecule has 10 heteroatoms. The summed E-state index contributed by atoms with van der Waals surface area (Å²) in [5.41, 5.74) is 0.678. The van der Waals surface area contributed by atoms with Crippen molar-refractivity contribution >= 4 is 43.6 Å². The topological polar surface area (TPSA) is 9.86 Å². The van der Waals surface area contributed by atoms with Crippen LogP contribution in [0, 0.1) is 56.8 Å². The van der Waals surface area contributed by atoms with Gasteiger partial charge in [0.1, 0.15) is 0 Å². The van der Waals surface area contributed by atoms with E-state index >= 15 is 22.0 Å². The number of fused-ring (bicyclic) bond motifs is 6. The lowest BCUT2D eigenvalue weighted by atomic mass is 9.97. The fraction of sp³-hybridized carbons (Fsp3) is 0.122. The lowest BCUT2D eigenvalue weighted by molar-refractivity contribution is -0.137. The number of hydrogen-bond acceptors (Lipinski definition) is 0. The third-order valence-corrected chi connectivity index (χ3v) is 9.53. The Morgan fingerprint density at radius 1 is 0.412 bits per heavy atom. The van der Waals surface area contributed by atoms with Crippen molar-refractivity contribution in [2.75, 3.05) is 0 Å². The molecule has 0 aliphatic rings. The number of hydrogen-bond donors (Lipinski definition) is 0. The molecule has 51 heavy (non-hydrogen) atoms. The zero-order valence-electron chi connectivity index (χ0n) is 27.5. The lowest BCUT2D eigenvalue weighted by Gasteiger charge is -2.22. The highest BCUT2D eigenvalue weighted by molar-refractivity contribution is 6.11. The van der Waals surface area contributed by atoms with Gasteiger partial charge < -0.3 is 9.13 Å². The first-order valence-corrected chi connectivity index (χ1v) is 16.0. The van der Waals surface area contributed by atoms with E-state index in [1.807, 2.05) is 52.0 Å². The third kappa shape index (κ3) is 4.83. The van der Waals surface area contributed by atoms with Gasteiger partial charge in [0.2, 0.25) is 5.82 Å². The normalized spacial score (nSPS) is 12.3. The van der Waals surface area contributed by atoms with Crippen LogP contribution >= 0.6 is 0 Å². The van der Waals surface area contributed by atoms with Crippen molar-refractivity contribution in [3.63, 3.8) is 0 Å². The van der Waals surface area contributed by atoms with Crippen LogP contribution in [0.5, 0.6) is 0 Å². The van der Waals surface area contributed by atoms with Gasteiger partial charge in [0.25, 0.3) is 0 Å². The van der Waals surface area contributed by atoms with Gasteiger partial charge in [-0.05, 0) is 88.4 Å². The Kier molecular flexibility index (Phi) is 7.14. The van der Waals surface area contributed by atoms with Crippen molar-refractivity contribution in [3.8, 4) is 22.5 Å². The van der Waals surface area contributed by atoms with Gasteiger partial charge in [-0.25, -0.2) is 22.0 Å². The Bertz CT molecular complexity index is 2640. The van der Waals surface area contributed by atoms with E-state index in [-0.39, 0.29) is 0 Å². The molecular weight excluding hydrogens is 672 g/mol. The van der Waals surface area contributed by atoms with Gasteiger partial charge in [-0.15, -0.1) is 0 Å². The van der Waals surface area contributed by atoms with Crippen molar-refractivity contribution in [3.05, 3.63) is 142 Å². The number of rotatable bonds is 3. The van der Waals surface area contributed by atoms with Gasteiger partial charge in [0, 0.05) is 27.1 Å². The molecule has 0 atom stereocenters. The Labute approximate surface area is 285 Å². The monoisotopic (exact) mass is 698 g/mol. The maximum atomic E-state index is 15.9. The first kappa shape index (κ1) is 32.6. The van der Waals surface area contributed by atoms with Gasteiger partial charge in [-0.2, -0.15) is 13.2 Å². The molecule has 0 N–H and O–H groups in total. The van der Waals surface area contributed by atoms with Crippen molar-refractivity contribution in [1.29, 1.82) is 0 Å². The van der Waals surface area contributed by atoms with Crippen LogP contribution in [0.2, 0.25) is 0 Å². The molecule has 0 amide bonds. The van der Waals surface area contributed by atoms with Crippen LogP contribution < -0.4 is 0 Å². The summed E-state index contributed by atoms with van der Waals surface area (Å²) in [7, 11) is 0. The second-order valence-electron chi connectivity index (χ2n) is 13.1. The maximum absolute atomic E-state index is 15.9. The van der Waals surface area contributed by atoms with E-state index in [1.54, 1.807) is 48.5 Å². The smallest absolute Gasteiger partial charge is 0.309 e. The standard InChI is InChI=1S/C41H26F8N2/c1-19-5-9-29-23(13-19)24-14-20(2)6-10-30(24)50(29)33-18-28(41(47,48)49)34(17-27(33)35-36(42)38(44)40(46)39(45)37(35)43)51-31-11-7-21(3)15-25(31)26-16-22(4)8-12-32(26)51/h5-18H,1-4H3. The molecule has 0 aliphatic heterocycles. The van der Waals surface area contributed by atoms with Crippen LogP contribution in [0.4, 0.5) is 35.1 Å². The minimum absolute atomic E-state index is 0.352. The molecule has 2 heterocycles. The van der Waals surface area contributed by atoms with E-state index in [1.165, 1.54) is 9.13 Å². The van der Waals surface area contributed by atoms with Crippen LogP contribution in [0.15, 0.2) is 84.9 Å².